The summed E-state index contributed by atoms with van der Waals surface area (Å²) >= 11 is 4.17. The Hall–Kier alpha value is -0.0451. The van der Waals surface area contributed by atoms with Crippen molar-refractivity contribution in [2.24, 2.45) is 5.73 Å². The summed E-state index contributed by atoms with van der Waals surface area (Å²) in [6.07, 6.45) is 0. The molecule has 0 aromatic carbocycles. The van der Waals surface area contributed by atoms with E-state index in [0.717, 1.165) is 10.5 Å². The highest BCUT2D eigenvalue weighted by Crippen LogP contribution is 2.07. The summed E-state index contributed by atoms with van der Waals surface area (Å²) in [6.45, 7) is 6.46. The topological polar surface area (TPSA) is 26.0 Å². The van der Waals surface area contributed by atoms with Gasteiger partial charge in [0.1, 0.15) is 0 Å². The van der Waals surface area contributed by atoms with Crippen molar-refractivity contribution in [3.63, 3.8) is 0 Å². The third-order valence-corrected chi connectivity index (χ3v) is 1.82. The zero-order valence-corrected chi connectivity index (χ0v) is 6.50. The second kappa shape index (κ2) is 3.08. The molecule has 0 aliphatic carbocycles. The Balaban J connectivity index is 4.00. The molecule has 0 unspecified atom stereocenters. The average molecular weight is 129 g/mol. The predicted molar refractivity (Wildman–Crippen MR) is 43.4 cm³/mol. The highest BCUT2D eigenvalue weighted by molar-refractivity contribution is 7.87. The molecule has 0 aromatic rings. The van der Waals surface area contributed by atoms with Gasteiger partial charge in [-0.2, -0.15) is 12.6 Å². The first-order chi connectivity index (χ1) is 3.55. The molecule has 46 valence electrons. The third kappa shape index (κ3) is 2.31. The summed E-state index contributed by atoms with van der Waals surface area (Å²) in [4.78, 5) is 0.991. The molecular formula is C5H12BNS. The summed E-state index contributed by atoms with van der Waals surface area (Å²) < 4.78 is 0. The van der Waals surface area contributed by atoms with Gasteiger partial charge in [-0.15, -0.1) is 0 Å². The van der Waals surface area contributed by atoms with Gasteiger partial charge in [0.2, 0.25) is 0 Å². The van der Waals surface area contributed by atoms with Crippen molar-refractivity contribution in [2.75, 3.05) is 0 Å². The normalized spacial score (nSPS) is 13.0. The van der Waals surface area contributed by atoms with Gasteiger partial charge >= 0.3 is 0 Å². The van der Waals surface area contributed by atoms with Crippen LogP contribution in [0.2, 0.25) is 13.6 Å². The first-order valence-corrected chi connectivity index (χ1v) is 3.15. The molecule has 1 nitrogen and oxygen atoms in total. The van der Waals surface area contributed by atoms with Crippen molar-refractivity contribution in [1.29, 1.82) is 0 Å². The summed E-state index contributed by atoms with van der Waals surface area (Å²) in [5.74, 6) is 0. The van der Waals surface area contributed by atoms with Crippen LogP contribution < -0.4 is 5.73 Å². The fourth-order valence-corrected chi connectivity index (χ4v) is 0.455. The third-order valence-electron chi connectivity index (χ3n) is 0.951. The van der Waals surface area contributed by atoms with E-state index in [1.807, 2.05) is 6.92 Å². The molecule has 0 heterocycles. The van der Waals surface area contributed by atoms with Crippen LogP contribution in [0.5, 0.6) is 0 Å². The van der Waals surface area contributed by atoms with E-state index >= 15 is 0 Å². The Kier molecular flexibility index (Phi) is 3.06. The molecule has 0 saturated heterocycles. The molecule has 0 aliphatic heterocycles. The Morgan fingerprint density at radius 3 is 1.88 bits per heavy atom. The lowest BCUT2D eigenvalue weighted by Crippen LogP contribution is -2.06. The van der Waals surface area contributed by atoms with Crippen LogP contribution in [0.15, 0.2) is 10.5 Å². The molecule has 0 spiro atoms. The maximum atomic E-state index is 5.44. The van der Waals surface area contributed by atoms with Crippen LogP contribution in [0.3, 0.4) is 0 Å². The standard InChI is InChI=1S/C5H12BNS/c1-4(7)5(8)6(2)3/h8H,7H2,1-3H3/b5-4-. The van der Waals surface area contributed by atoms with E-state index in [4.69, 9.17) is 5.73 Å². The van der Waals surface area contributed by atoms with Crippen molar-refractivity contribution in [1.82, 2.24) is 0 Å². The van der Waals surface area contributed by atoms with Crippen LogP contribution in [0, 0.1) is 0 Å². The molecule has 2 N–H and O–H groups in total. The second-order valence-corrected chi connectivity index (χ2v) is 2.70. The van der Waals surface area contributed by atoms with Gasteiger partial charge in [0, 0.05) is 5.70 Å². The quantitative estimate of drug-likeness (QED) is 0.406. The fraction of sp³-hybridized carbons (Fsp3) is 0.600. The van der Waals surface area contributed by atoms with Gasteiger partial charge in [-0.25, -0.2) is 0 Å². The molecule has 0 aromatic heterocycles. The summed E-state index contributed by atoms with van der Waals surface area (Å²) in [6, 6.07) is 0. The monoisotopic (exact) mass is 129 g/mol. The summed E-state index contributed by atoms with van der Waals surface area (Å²) in [5.41, 5.74) is 6.26. The van der Waals surface area contributed by atoms with Crippen LogP contribution in [0.1, 0.15) is 6.92 Å². The lowest BCUT2D eigenvalue weighted by molar-refractivity contribution is 1.32. The van der Waals surface area contributed by atoms with Crippen molar-refractivity contribution in [2.45, 2.75) is 20.6 Å². The molecule has 0 radical (unpaired) electrons. The van der Waals surface area contributed by atoms with E-state index < -0.39 is 0 Å². The zero-order chi connectivity index (χ0) is 6.73. The van der Waals surface area contributed by atoms with Gasteiger partial charge in [-0.1, -0.05) is 13.6 Å². The Bertz CT molecular complexity index is 105. The van der Waals surface area contributed by atoms with Gasteiger partial charge in [-0.3, -0.25) is 0 Å². The van der Waals surface area contributed by atoms with Gasteiger partial charge in [0.15, 0.2) is 6.71 Å². The smallest absolute Gasteiger partial charge is 0.179 e. The van der Waals surface area contributed by atoms with Crippen molar-refractivity contribution >= 4 is 19.3 Å². The van der Waals surface area contributed by atoms with E-state index in [9.17, 15) is 0 Å². The van der Waals surface area contributed by atoms with Crippen LogP contribution in [-0.4, -0.2) is 6.71 Å². The largest absolute Gasteiger partial charge is 0.402 e. The van der Waals surface area contributed by atoms with Gasteiger partial charge in [-0.05, 0) is 11.7 Å². The molecule has 8 heavy (non-hydrogen) atoms. The van der Waals surface area contributed by atoms with E-state index in [1.165, 1.54) is 0 Å². The Morgan fingerprint density at radius 2 is 1.88 bits per heavy atom. The summed E-state index contributed by atoms with van der Waals surface area (Å²) in [5, 5.41) is 0. The van der Waals surface area contributed by atoms with Crippen LogP contribution in [0.25, 0.3) is 0 Å². The van der Waals surface area contributed by atoms with E-state index in [2.05, 4.69) is 26.3 Å². The number of rotatable bonds is 1. The molecule has 0 fully saturated rings. The molecule has 0 amide bonds. The number of nitrogens with two attached hydrogens (primary N) is 1. The molecule has 0 bridgehead atoms. The number of hydrogen-bond acceptors (Lipinski definition) is 2. The van der Waals surface area contributed by atoms with Crippen LogP contribution >= 0.6 is 12.6 Å². The fourth-order valence-electron chi connectivity index (χ4n) is 0.455. The molecular weight excluding hydrogens is 117 g/mol. The zero-order valence-electron chi connectivity index (χ0n) is 5.60. The maximum absolute atomic E-state index is 5.44. The van der Waals surface area contributed by atoms with Gasteiger partial charge < -0.3 is 5.73 Å². The van der Waals surface area contributed by atoms with E-state index in [1.54, 1.807) is 0 Å². The highest BCUT2D eigenvalue weighted by Gasteiger charge is 2.02. The van der Waals surface area contributed by atoms with E-state index in [-0.39, 0.29) is 0 Å². The number of thiol groups is 1. The second-order valence-electron chi connectivity index (χ2n) is 2.22. The predicted octanol–water partition coefficient (Wildman–Crippen LogP) is 1.40. The van der Waals surface area contributed by atoms with Crippen molar-refractivity contribution in [3.05, 3.63) is 10.5 Å². The minimum absolute atomic E-state index is 0.461. The lowest BCUT2D eigenvalue weighted by atomic mass is 9.54. The van der Waals surface area contributed by atoms with E-state index in [0.29, 0.717) is 6.71 Å². The van der Waals surface area contributed by atoms with Crippen LogP contribution in [-0.2, 0) is 0 Å². The molecule has 0 saturated carbocycles. The van der Waals surface area contributed by atoms with Crippen molar-refractivity contribution < 1.29 is 0 Å². The molecule has 0 aliphatic rings. The first-order valence-electron chi connectivity index (χ1n) is 2.71. The minimum Gasteiger partial charge on any atom is -0.402 e. The average Bonchev–Trinajstić information content (AvgIpc) is 1.64. The van der Waals surface area contributed by atoms with Crippen molar-refractivity contribution in [3.8, 4) is 0 Å². The molecule has 0 atom stereocenters. The Morgan fingerprint density at radius 1 is 1.50 bits per heavy atom. The Labute approximate surface area is 56.8 Å². The maximum Gasteiger partial charge on any atom is 0.179 e. The first kappa shape index (κ1) is 7.95. The number of allylic oxidation sites excluding steroid dienone is 1. The van der Waals surface area contributed by atoms with Gasteiger partial charge in [0.05, 0.1) is 0 Å². The SMILES string of the molecule is CB(C)/C(S)=C(\C)N. The highest BCUT2D eigenvalue weighted by atomic mass is 32.1. The van der Waals surface area contributed by atoms with Gasteiger partial charge in [0.25, 0.3) is 0 Å². The number of hydrogen-bond donors (Lipinski definition) is 2. The summed E-state index contributed by atoms with van der Waals surface area (Å²) in [7, 11) is 0. The molecule has 0 rings (SSSR count). The van der Waals surface area contributed by atoms with Crippen LogP contribution in [0.4, 0.5) is 0 Å². The lowest BCUT2D eigenvalue weighted by Gasteiger charge is -2.01. The minimum atomic E-state index is 0.461. The molecule has 3 heteroatoms.